The van der Waals surface area contributed by atoms with Crippen LogP contribution in [-0.2, 0) is 11.2 Å². The van der Waals surface area contributed by atoms with Crippen LogP contribution in [0.5, 0.6) is 0 Å². The molecule has 9 nitrogen and oxygen atoms in total. The van der Waals surface area contributed by atoms with Crippen LogP contribution in [0, 0.1) is 10.1 Å². The van der Waals surface area contributed by atoms with Gasteiger partial charge in [-0.15, -0.1) is 0 Å². The van der Waals surface area contributed by atoms with E-state index in [9.17, 15) is 14.9 Å². The number of aromatic nitrogens is 2. The third kappa shape index (κ3) is 4.37. The number of nitrogens with zero attached hydrogens (tertiary/aromatic N) is 3. The van der Waals surface area contributed by atoms with Crippen molar-refractivity contribution < 1.29 is 14.8 Å². The monoisotopic (exact) mass is 317 g/mol. The predicted octanol–water partition coefficient (Wildman–Crippen LogP) is 2.19. The van der Waals surface area contributed by atoms with Gasteiger partial charge in [0.1, 0.15) is 6.20 Å². The van der Waals surface area contributed by atoms with E-state index in [1.807, 2.05) is 0 Å². The van der Waals surface area contributed by atoms with Crippen LogP contribution >= 0.6 is 0 Å². The first-order valence-electron chi connectivity index (χ1n) is 6.76. The minimum Gasteiger partial charge on any atom is -0.481 e. The summed E-state index contributed by atoms with van der Waals surface area (Å²) in [6.45, 7) is 0. The van der Waals surface area contributed by atoms with Gasteiger partial charge in [0.25, 0.3) is 0 Å². The Bertz CT molecular complexity index is 718. The van der Waals surface area contributed by atoms with Gasteiger partial charge in [-0.1, -0.05) is 12.1 Å². The van der Waals surface area contributed by atoms with Crippen molar-refractivity contribution in [2.45, 2.75) is 12.8 Å². The molecule has 1 aromatic carbocycles. The summed E-state index contributed by atoms with van der Waals surface area (Å²) in [6.07, 6.45) is 1.65. The number of carboxylic acid groups (broad SMARTS) is 1. The van der Waals surface area contributed by atoms with Crippen molar-refractivity contribution >= 4 is 29.1 Å². The second-order valence-electron chi connectivity index (χ2n) is 4.65. The van der Waals surface area contributed by atoms with E-state index in [0.717, 1.165) is 11.8 Å². The molecule has 3 N–H and O–H groups in total. The fourth-order valence-electron chi connectivity index (χ4n) is 1.89. The van der Waals surface area contributed by atoms with Crippen molar-refractivity contribution in [1.82, 2.24) is 9.97 Å². The number of anilines is 3. The summed E-state index contributed by atoms with van der Waals surface area (Å²) >= 11 is 0. The molecule has 0 amide bonds. The normalized spacial score (nSPS) is 10.1. The Balaban J connectivity index is 2.10. The number of nitro groups is 1. The lowest BCUT2D eigenvalue weighted by atomic mass is 10.1. The van der Waals surface area contributed by atoms with Gasteiger partial charge in [-0.05, 0) is 24.1 Å². The zero-order valence-electron chi connectivity index (χ0n) is 12.3. The number of carboxylic acids is 1. The number of rotatable bonds is 7. The van der Waals surface area contributed by atoms with Crippen molar-refractivity contribution in [3.8, 4) is 0 Å². The number of hydrogen-bond donors (Lipinski definition) is 3. The van der Waals surface area contributed by atoms with Crippen LogP contribution in [0.3, 0.4) is 0 Å². The van der Waals surface area contributed by atoms with E-state index in [-0.39, 0.29) is 23.9 Å². The SMILES string of the molecule is CNc1nc(Nc2ccc(CCC(=O)O)cc2)ncc1[N+](=O)[O-]. The van der Waals surface area contributed by atoms with Crippen molar-refractivity contribution in [2.24, 2.45) is 0 Å². The molecule has 0 fully saturated rings. The average Bonchev–Trinajstić information content (AvgIpc) is 2.53. The number of hydrogen-bond acceptors (Lipinski definition) is 7. The van der Waals surface area contributed by atoms with Gasteiger partial charge >= 0.3 is 11.7 Å². The molecule has 0 aliphatic heterocycles. The molecule has 0 saturated heterocycles. The van der Waals surface area contributed by atoms with Gasteiger partial charge in [0.2, 0.25) is 11.8 Å². The Labute approximate surface area is 131 Å². The predicted molar refractivity (Wildman–Crippen MR) is 83.9 cm³/mol. The molecule has 23 heavy (non-hydrogen) atoms. The fourth-order valence-corrected chi connectivity index (χ4v) is 1.89. The van der Waals surface area contributed by atoms with Crippen molar-refractivity contribution in [1.29, 1.82) is 0 Å². The summed E-state index contributed by atoms with van der Waals surface area (Å²) in [4.78, 5) is 28.7. The third-order valence-electron chi connectivity index (χ3n) is 3.04. The van der Waals surface area contributed by atoms with E-state index in [2.05, 4.69) is 20.6 Å². The van der Waals surface area contributed by atoms with Gasteiger partial charge in [0, 0.05) is 19.2 Å². The molecule has 0 spiro atoms. The maximum atomic E-state index is 10.8. The van der Waals surface area contributed by atoms with E-state index in [1.165, 1.54) is 7.05 Å². The molecule has 0 unspecified atom stereocenters. The molecule has 1 aromatic heterocycles. The van der Waals surface area contributed by atoms with Crippen LogP contribution in [0.25, 0.3) is 0 Å². The average molecular weight is 317 g/mol. The lowest BCUT2D eigenvalue weighted by Gasteiger charge is -2.07. The molecule has 2 aromatic rings. The van der Waals surface area contributed by atoms with E-state index >= 15 is 0 Å². The Morgan fingerprint density at radius 2 is 2.04 bits per heavy atom. The number of aliphatic carboxylic acids is 1. The van der Waals surface area contributed by atoms with E-state index < -0.39 is 10.9 Å². The molecule has 0 atom stereocenters. The second-order valence-corrected chi connectivity index (χ2v) is 4.65. The number of nitrogens with one attached hydrogen (secondary N) is 2. The Hall–Kier alpha value is -3.23. The topological polar surface area (TPSA) is 130 Å². The van der Waals surface area contributed by atoms with Gasteiger partial charge in [-0.2, -0.15) is 4.98 Å². The summed E-state index contributed by atoms with van der Waals surface area (Å²) in [5, 5.41) is 25.1. The molecule has 0 aliphatic rings. The third-order valence-corrected chi connectivity index (χ3v) is 3.04. The molecule has 9 heteroatoms. The van der Waals surface area contributed by atoms with Crippen LogP contribution in [0.2, 0.25) is 0 Å². The van der Waals surface area contributed by atoms with E-state index in [0.29, 0.717) is 12.1 Å². The van der Waals surface area contributed by atoms with Crippen LogP contribution in [-0.4, -0.2) is 33.0 Å². The smallest absolute Gasteiger partial charge is 0.329 e. The minimum atomic E-state index is -0.842. The molecule has 0 aliphatic carbocycles. The Morgan fingerprint density at radius 1 is 1.35 bits per heavy atom. The molecule has 120 valence electrons. The fraction of sp³-hybridized carbons (Fsp3) is 0.214. The summed E-state index contributed by atoms with van der Waals surface area (Å²) in [7, 11) is 1.54. The van der Waals surface area contributed by atoms with Crippen LogP contribution in [0.1, 0.15) is 12.0 Å². The van der Waals surface area contributed by atoms with E-state index in [4.69, 9.17) is 5.11 Å². The highest BCUT2D eigenvalue weighted by Crippen LogP contribution is 2.23. The van der Waals surface area contributed by atoms with Gasteiger partial charge in [-0.25, -0.2) is 4.98 Å². The molecule has 0 bridgehead atoms. The zero-order chi connectivity index (χ0) is 16.8. The first kappa shape index (κ1) is 16.1. The summed E-state index contributed by atoms with van der Waals surface area (Å²) < 4.78 is 0. The van der Waals surface area contributed by atoms with Crippen LogP contribution in [0.4, 0.5) is 23.1 Å². The first-order chi connectivity index (χ1) is 11.0. The minimum absolute atomic E-state index is 0.0732. The lowest BCUT2D eigenvalue weighted by Crippen LogP contribution is -2.04. The van der Waals surface area contributed by atoms with Crippen molar-refractivity contribution in [3.63, 3.8) is 0 Å². The standard InChI is InChI=1S/C14H15N5O4/c1-15-13-11(19(22)23)8-16-14(18-13)17-10-5-2-9(3-6-10)4-7-12(20)21/h2-3,5-6,8H,4,7H2,1H3,(H,20,21)(H2,15,16,17,18). The molecule has 2 rings (SSSR count). The number of aryl methyl sites for hydroxylation is 1. The number of carbonyl (C=O) groups is 1. The molecule has 0 saturated carbocycles. The highest BCUT2D eigenvalue weighted by molar-refractivity contribution is 5.67. The van der Waals surface area contributed by atoms with Gasteiger partial charge in [0.05, 0.1) is 4.92 Å². The van der Waals surface area contributed by atoms with E-state index in [1.54, 1.807) is 24.3 Å². The van der Waals surface area contributed by atoms with Crippen molar-refractivity contribution in [2.75, 3.05) is 17.7 Å². The van der Waals surface area contributed by atoms with Crippen LogP contribution in [0.15, 0.2) is 30.5 Å². The molecular weight excluding hydrogens is 302 g/mol. The Morgan fingerprint density at radius 3 is 2.61 bits per heavy atom. The van der Waals surface area contributed by atoms with Gasteiger partial charge < -0.3 is 15.7 Å². The molecular formula is C14H15N5O4. The highest BCUT2D eigenvalue weighted by atomic mass is 16.6. The molecule has 1 heterocycles. The summed E-state index contributed by atoms with van der Waals surface area (Å²) in [6, 6.07) is 7.13. The van der Waals surface area contributed by atoms with Gasteiger partial charge in [0.15, 0.2) is 0 Å². The maximum absolute atomic E-state index is 10.8. The zero-order valence-corrected chi connectivity index (χ0v) is 12.3. The van der Waals surface area contributed by atoms with Crippen LogP contribution < -0.4 is 10.6 Å². The second kappa shape index (κ2) is 7.16. The number of benzene rings is 1. The first-order valence-corrected chi connectivity index (χ1v) is 6.76. The highest BCUT2D eigenvalue weighted by Gasteiger charge is 2.15. The molecule has 0 radical (unpaired) electrons. The lowest BCUT2D eigenvalue weighted by molar-refractivity contribution is -0.384. The van der Waals surface area contributed by atoms with Crippen molar-refractivity contribution in [3.05, 3.63) is 46.1 Å². The van der Waals surface area contributed by atoms with Gasteiger partial charge in [-0.3, -0.25) is 14.9 Å². The maximum Gasteiger partial charge on any atom is 0.329 e. The quantitative estimate of drug-likeness (QED) is 0.523. The summed E-state index contributed by atoms with van der Waals surface area (Å²) in [5.74, 6) is -0.505. The largest absolute Gasteiger partial charge is 0.481 e. The Kier molecular flexibility index (Phi) is 5.03. The summed E-state index contributed by atoms with van der Waals surface area (Å²) in [5.41, 5.74) is 1.39.